The van der Waals surface area contributed by atoms with Gasteiger partial charge in [-0.1, -0.05) is 19.1 Å². The lowest BCUT2D eigenvalue weighted by atomic mass is 10.1. The standard InChI is InChI=1S/C15H24N2OS/c1-5-19-11-12(2)17(4)10-14-7-6-8-15(9-14)16-13(3)18/h6-9,12H,5,10-11H2,1-4H3,(H,16,18). The molecule has 0 bridgehead atoms. The summed E-state index contributed by atoms with van der Waals surface area (Å²) in [6.45, 7) is 6.87. The number of rotatable bonds is 7. The van der Waals surface area contributed by atoms with Gasteiger partial charge in [0.25, 0.3) is 0 Å². The van der Waals surface area contributed by atoms with Crippen LogP contribution in [0.4, 0.5) is 5.69 Å². The Bertz CT molecular complexity index is 409. The molecule has 1 amide bonds. The van der Waals surface area contributed by atoms with Gasteiger partial charge in [-0.15, -0.1) is 0 Å². The van der Waals surface area contributed by atoms with Gasteiger partial charge >= 0.3 is 0 Å². The van der Waals surface area contributed by atoms with E-state index < -0.39 is 0 Å². The fraction of sp³-hybridized carbons (Fsp3) is 0.533. The van der Waals surface area contributed by atoms with Crippen LogP contribution in [0.15, 0.2) is 24.3 Å². The van der Waals surface area contributed by atoms with Gasteiger partial charge in [-0.05, 0) is 37.4 Å². The van der Waals surface area contributed by atoms with Crippen molar-refractivity contribution in [3.05, 3.63) is 29.8 Å². The quantitative estimate of drug-likeness (QED) is 0.832. The minimum absolute atomic E-state index is 0.0294. The Balaban J connectivity index is 2.58. The van der Waals surface area contributed by atoms with Gasteiger partial charge in [-0.2, -0.15) is 11.8 Å². The van der Waals surface area contributed by atoms with Crippen LogP contribution in [-0.4, -0.2) is 35.4 Å². The molecule has 1 aromatic carbocycles. The largest absolute Gasteiger partial charge is 0.326 e. The molecule has 0 aliphatic rings. The van der Waals surface area contributed by atoms with Gasteiger partial charge in [0, 0.05) is 31.0 Å². The molecule has 1 N–H and O–H groups in total. The second-order valence-electron chi connectivity index (χ2n) is 4.81. The second kappa shape index (κ2) is 8.23. The van der Waals surface area contributed by atoms with E-state index >= 15 is 0 Å². The molecule has 1 atom stereocenters. The fourth-order valence-corrected chi connectivity index (χ4v) is 2.64. The number of hydrogen-bond acceptors (Lipinski definition) is 3. The van der Waals surface area contributed by atoms with Gasteiger partial charge in [-0.3, -0.25) is 9.69 Å². The van der Waals surface area contributed by atoms with Crippen molar-refractivity contribution in [2.24, 2.45) is 0 Å². The molecule has 0 aliphatic heterocycles. The van der Waals surface area contributed by atoms with E-state index in [-0.39, 0.29) is 5.91 Å². The maximum Gasteiger partial charge on any atom is 0.221 e. The van der Waals surface area contributed by atoms with Crippen molar-refractivity contribution in [2.75, 3.05) is 23.9 Å². The first-order valence-electron chi connectivity index (χ1n) is 6.67. The number of hydrogen-bond donors (Lipinski definition) is 1. The molecule has 0 aliphatic carbocycles. The average molecular weight is 280 g/mol. The van der Waals surface area contributed by atoms with Gasteiger partial charge in [0.2, 0.25) is 5.91 Å². The van der Waals surface area contributed by atoms with E-state index in [4.69, 9.17) is 0 Å². The Morgan fingerprint density at radius 3 is 2.84 bits per heavy atom. The van der Waals surface area contributed by atoms with Crippen LogP contribution >= 0.6 is 11.8 Å². The number of carbonyl (C=O) groups is 1. The van der Waals surface area contributed by atoms with Crippen LogP contribution in [0.5, 0.6) is 0 Å². The van der Waals surface area contributed by atoms with E-state index in [1.807, 2.05) is 30.0 Å². The summed E-state index contributed by atoms with van der Waals surface area (Å²) >= 11 is 1.97. The molecule has 1 aromatic rings. The highest BCUT2D eigenvalue weighted by Crippen LogP contribution is 2.14. The van der Waals surface area contributed by atoms with Gasteiger partial charge in [0.1, 0.15) is 0 Å². The monoisotopic (exact) mass is 280 g/mol. The molecule has 0 aromatic heterocycles. The minimum Gasteiger partial charge on any atom is -0.326 e. The van der Waals surface area contributed by atoms with Gasteiger partial charge in [0.15, 0.2) is 0 Å². The Morgan fingerprint density at radius 1 is 1.47 bits per heavy atom. The SMILES string of the molecule is CCSCC(C)N(C)Cc1cccc(NC(C)=O)c1. The minimum atomic E-state index is -0.0294. The Kier molecular flexibility index (Phi) is 6.95. The summed E-state index contributed by atoms with van der Waals surface area (Å²) in [7, 11) is 2.14. The van der Waals surface area contributed by atoms with Crippen molar-refractivity contribution < 1.29 is 4.79 Å². The van der Waals surface area contributed by atoms with E-state index in [2.05, 4.69) is 37.2 Å². The third-order valence-electron chi connectivity index (χ3n) is 2.99. The predicted molar refractivity (Wildman–Crippen MR) is 84.7 cm³/mol. The number of anilines is 1. The summed E-state index contributed by atoms with van der Waals surface area (Å²) in [4.78, 5) is 13.4. The molecule has 0 heterocycles. The van der Waals surface area contributed by atoms with Crippen LogP contribution in [0.25, 0.3) is 0 Å². The first-order valence-corrected chi connectivity index (χ1v) is 7.83. The third kappa shape index (κ3) is 6.12. The molecule has 0 radical (unpaired) electrons. The van der Waals surface area contributed by atoms with E-state index in [1.165, 1.54) is 12.5 Å². The molecule has 3 nitrogen and oxygen atoms in total. The number of benzene rings is 1. The summed E-state index contributed by atoms with van der Waals surface area (Å²) in [5.74, 6) is 2.28. The van der Waals surface area contributed by atoms with Crippen molar-refractivity contribution >= 4 is 23.4 Å². The molecule has 4 heteroatoms. The maximum absolute atomic E-state index is 11.0. The van der Waals surface area contributed by atoms with Crippen LogP contribution < -0.4 is 5.32 Å². The lowest BCUT2D eigenvalue weighted by Crippen LogP contribution is -2.30. The fourth-order valence-electron chi connectivity index (χ4n) is 1.81. The second-order valence-corrected chi connectivity index (χ2v) is 6.12. The summed E-state index contributed by atoms with van der Waals surface area (Å²) in [6.07, 6.45) is 0. The average Bonchev–Trinajstić information content (AvgIpc) is 2.35. The summed E-state index contributed by atoms with van der Waals surface area (Å²) in [5, 5.41) is 2.82. The van der Waals surface area contributed by atoms with Crippen molar-refractivity contribution in [1.82, 2.24) is 4.90 Å². The van der Waals surface area contributed by atoms with Crippen LogP contribution in [0.2, 0.25) is 0 Å². The molecule has 1 rings (SSSR count). The Hall–Kier alpha value is -1.00. The molecule has 19 heavy (non-hydrogen) atoms. The highest BCUT2D eigenvalue weighted by molar-refractivity contribution is 7.99. The van der Waals surface area contributed by atoms with E-state index in [9.17, 15) is 4.79 Å². The normalized spacial score (nSPS) is 12.5. The van der Waals surface area contributed by atoms with Crippen LogP contribution in [0.3, 0.4) is 0 Å². The molecule has 106 valence electrons. The Labute approximate surface area is 120 Å². The highest BCUT2D eigenvalue weighted by atomic mass is 32.2. The molecule has 0 fully saturated rings. The number of amides is 1. The van der Waals surface area contributed by atoms with Crippen molar-refractivity contribution in [1.29, 1.82) is 0 Å². The molecule has 0 saturated carbocycles. The molecular weight excluding hydrogens is 256 g/mol. The van der Waals surface area contributed by atoms with Gasteiger partial charge in [0.05, 0.1) is 0 Å². The summed E-state index contributed by atoms with van der Waals surface area (Å²) in [6, 6.07) is 8.59. The zero-order valence-corrected chi connectivity index (χ0v) is 13.1. The smallest absolute Gasteiger partial charge is 0.221 e. The zero-order valence-electron chi connectivity index (χ0n) is 12.3. The van der Waals surface area contributed by atoms with E-state index in [0.717, 1.165) is 23.7 Å². The van der Waals surface area contributed by atoms with Crippen molar-refractivity contribution in [3.8, 4) is 0 Å². The maximum atomic E-state index is 11.0. The molecule has 1 unspecified atom stereocenters. The van der Waals surface area contributed by atoms with E-state index in [1.54, 1.807) is 0 Å². The Morgan fingerprint density at radius 2 is 2.21 bits per heavy atom. The predicted octanol–water partition coefficient (Wildman–Crippen LogP) is 3.22. The molecular formula is C15H24N2OS. The van der Waals surface area contributed by atoms with Gasteiger partial charge in [-0.25, -0.2) is 0 Å². The topological polar surface area (TPSA) is 32.3 Å². The number of carbonyl (C=O) groups excluding carboxylic acids is 1. The lowest BCUT2D eigenvalue weighted by molar-refractivity contribution is -0.114. The molecule has 0 spiro atoms. The number of thioether (sulfide) groups is 1. The van der Waals surface area contributed by atoms with Crippen molar-refractivity contribution in [2.45, 2.75) is 33.4 Å². The first kappa shape index (κ1) is 16.1. The highest BCUT2D eigenvalue weighted by Gasteiger charge is 2.09. The van der Waals surface area contributed by atoms with Gasteiger partial charge < -0.3 is 5.32 Å². The third-order valence-corrected chi connectivity index (χ3v) is 4.12. The number of nitrogens with zero attached hydrogens (tertiary/aromatic N) is 1. The molecule has 0 saturated heterocycles. The lowest BCUT2D eigenvalue weighted by Gasteiger charge is -2.24. The zero-order chi connectivity index (χ0) is 14.3. The van der Waals surface area contributed by atoms with Crippen molar-refractivity contribution in [3.63, 3.8) is 0 Å². The number of nitrogens with one attached hydrogen (secondary N) is 1. The summed E-state index contributed by atoms with van der Waals surface area (Å²) in [5.41, 5.74) is 2.09. The van der Waals surface area contributed by atoms with E-state index in [0.29, 0.717) is 6.04 Å². The summed E-state index contributed by atoms with van der Waals surface area (Å²) < 4.78 is 0. The van der Waals surface area contributed by atoms with Crippen LogP contribution in [-0.2, 0) is 11.3 Å². The first-order chi connectivity index (χ1) is 9.02. The van der Waals surface area contributed by atoms with Crippen LogP contribution in [0, 0.1) is 0 Å². The van der Waals surface area contributed by atoms with Crippen LogP contribution in [0.1, 0.15) is 26.3 Å².